The highest BCUT2D eigenvalue weighted by Gasteiger charge is 2.11. The van der Waals surface area contributed by atoms with Crippen LogP contribution in [0.15, 0.2) is 88.9 Å². The Labute approximate surface area is 165 Å². The van der Waals surface area contributed by atoms with Gasteiger partial charge < -0.3 is 10.1 Å². The van der Waals surface area contributed by atoms with Crippen LogP contribution in [0.25, 0.3) is 6.08 Å². The summed E-state index contributed by atoms with van der Waals surface area (Å²) in [6.45, 7) is 0. The summed E-state index contributed by atoms with van der Waals surface area (Å²) < 4.78 is 6.53. The van der Waals surface area contributed by atoms with Crippen molar-refractivity contribution in [3.05, 3.63) is 94.5 Å². The van der Waals surface area contributed by atoms with E-state index in [0.717, 1.165) is 4.47 Å². The molecule has 0 saturated carbocycles. The molecule has 0 bridgehead atoms. The Balaban J connectivity index is 1.79. The molecule has 0 atom stereocenters. The van der Waals surface area contributed by atoms with Gasteiger partial charge in [0.05, 0.1) is 5.69 Å². The van der Waals surface area contributed by atoms with Crippen LogP contribution in [0, 0.1) is 11.3 Å². The molecule has 0 heterocycles. The predicted molar refractivity (Wildman–Crippen MR) is 109 cm³/mol. The first-order valence-corrected chi connectivity index (χ1v) is 8.95. The summed E-state index contributed by atoms with van der Waals surface area (Å²) in [6.07, 6.45) is 1.53. The molecule has 0 aliphatic carbocycles. The van der Waals surface area contributed by atoms with Crippen molar-refractivity contribution in [3.8, 4) is 17.6 Å². The Bertz CT molecular complexity index is 1020. The fraction of sp³-hybridized carbons (Fsp3) is 0. The van der Waals surface area contributed by atoms with Crippen LogP contribution in [-0.2, 0) is 4.79 Å². The van der Waals surface area contributed by atoms with Crippen LogP contribution in [0.4, 0.5) is 5.69 Å². The molecule has 0 radical (unpaired) electrons. The number of carbonyl (C=O) groups excluding carboxylic acids is 1. The van der Waals surface area contributed by atoms with Gasteiger partial charge >= 0.3 is 0 Å². The van der Waals surface area contributed by atoms with Gasteiger partial charge in [0, 0.05) is 4.47 Å². The molecule has 3 aromatic carbocycles. The molecule has 1 N–H and O–H groups in total. The summed E-state index contributed by atoms with van der Waals surface area (Å²) >= 11 is 3.37. The normalized spacial score (nSPS) is 10.7. The van der Waals surface area contributed by atoms with Crippen LogP contribution in [0.1, 0.15) is 5.56 Å². The number of halogens is 1. The fourth-order valence-electron chi connectivity index (χ4n) is 2.36. The molecule has 132 valence electrons. The molecule has 0 aliphatic heterocycles. The number of hydrogen-bond donors (Lipinski definition) is 1. The van der Waals surface area contributed by atoms with Gasteiger partial charge in [-0.3, -0.25) is 4.79 Å². The number of anilines is 1. The number of rotatable bonds is 5. The second-order valence-corrected chi connectivity index (χ2v) is 6.45. The average Bonchev–Trinajstić information content (AvgIpc) is 2.69. The Morgan fingerprint density at radius 1 is 0.963 bits per heavy atom. The number of nitriles is 1. The van der Waals surface area contributed by atoms with E-state index in [-0.39, 0.29) is 5.57 Å². The zero-order valence-corrected chi connectivity index (χ0v) is 15.8. The topological polar surface area (TPSA) is 62.1 Å². The lowest BCUT2D eigenvalue weighted by molar-refractivity contribution is -0.112. The van der Waals surface area contributed by atoms with Crippen molar-refractivity contribution < 1.29 is 9.53 Å². The Morgan fingerprint density at radius 3 is 2.41 bits per heavy atom. The van der Waals surface area contributed by atoms with Crippen LogP contribution in [0.5, 0.6) is 11.5 Å². The molecule has 4 nitrogen and oxygen atoms in total. The van der Waals surface area contributed by atoms with E-state index in [0.29, 0.717) is 22.7 Å². The van der Waals surface area contributed by atoms with Crippen molar-refractivity contribution in [3.63, 3.8) is 0 Å². The van der Waals surface area contributed by atoms with E-state index in [9.17, 15) is 10.1 Å². The number of amides is 1. The molecule has 0 fully saturated rings. The summed E-state index contributed by atoms with van der Waals surface area (Å²) in [6, 6.07) is 25.8. The van der Waals surface area contributed by atoms with Gasteiger partial charge in [0.1, 0.15) is 23.1 Å². The van der Waals surface area contributed by atoms with Gasteiger partial charge in [-0.2, -0.15) is 5.26 Å². The number of carbonyl (C=O) groups is 1. The zero-order valence-electron chi connectivity index (χ0n) is 14.2. The van der Waals surface area contributed by atoms with E-state index in [1.807, 2.05) is 60.7 Å². The van der Waals surface area contributed by atoms with Crippen molar-refractivity contribution in [1.29, 1.82) is 5.26 Å². The maximum atomic E-state index is 12.4. The van der Waals surface area contributed by atoms with Crippen molar-refractivity contribution in [2.24, 2.45) is 0 Å². The second-order valence-electron chi connectivity index (χ2n) is 5.59. The number of nitrogens with one attached hydrogen (secondary N) is 1. The minimum Gasteiger partial charge on any atom is -0.457 e. The highest BCUT2D eigenvalue weighted by atomic mass is 79.9. The van der Waals surface area contributed by atoms with Gasteiger partial charge in [-0.25, -0.2) is 0 Å². The van der Waals surface area contributed by atoms with Crippen LogP contribution >= 0.6 is 15.9 Å². The van der Waals surface area contributed by atoms with Gasteiger partial charge in [-0.05, 0) is 64.0 Å². The first kappa shape index (κ1) is 18.4. The molecule has 3 rings (SSSR count). The molecule has 0 aliphatic rings. The van der Waals surface area contributed by atoms with E-state index in [4.69, 9.17) is 4.74 Å². The summed E-state index contributed by atoms with van der Waals surface area (Å²) in [5.41, 5.74) is 1.30. The summed E-state index contributed by atoms with van der Waals surface area (Å²) in [5, 5.41) is 12.1. The molecule has 0 aromatic heterocycles. The molecule has 27 heavy (non-hydrogen) atoms. The average molecular weight is 419 g/mol. The lowest BCUT2D eigenvalue weighted by atomic mass is 10.1. The van der Waals surface area contributed by atoms with Gasteiger partial charge in [-0.15, -0.1) is 0 Å². The third-order valence-corrected chi connectivity index (χ3v) is 4.33. The molecule has 5 heteroatoms. The monoisotopic (exact) mass is 418 g/mol. The van der Waals surface area contributed by atoms with Crippen LogP contribution < -0.4 is 10.1 Å². The molecule has 1 amide bonds. The van der Waals surface area contributed by atoms with Gasteiger partial charge in [0.15, 0.2) is 0 Å². The lowest BCUT2D eigenvalue weighted by Gasteiger charge is -2.07. The third-order valence-electron chi connectivity index (χ3n) is 3.64. The maximum Gasteiger partial charge on any atom is 0.266 e. The number of para-hydroxylation sites is 2. The Morgan fingerprint density at radius 2 is 1.67 bits per heavy atom. The standard InChI is InChI=1S/C22H15BrN2O2/c23-20-11-4-5-12-21(20)25-22(26)17(15-24)13-16-7-6-10-19(14-16)27-18-8-2-1-3-9-18/h1-14H,(H,25,26). The quantitative estimate of drug-likeness (QED) is 0.421. The molecular formula is C22H15BrN2O2. The van der Waals surface area contributed by atoms with E-state index >= 15 is 0 Å². The van der Waals surface area contributed by atoms with Crippen molar-refractivity contribution in [2.75, 3.05) is 5.32 Å². The minimum atomic E-state index is -0.473. The number of hydrogen-bond acceptors (Lipinski definition) is 3. The van der Waals surface area contributed by atoms with E-state index < -0.39 is 5.91 Å². The highest BCUT2D eigenvalue weighted by Crippen LogP contribution is 2.24. The van der Waals surface area contributed by atoms with Crippen LogP contribution in [-0.4, -0.2) is 5.91 Å². The van der Waals surface area contributed by atoms with Gasteiger partial charge in [0.2, 0.25) is 0 Å². The van der Waals surface area contributed by atoms with Crippen molar-refractivity contribution in [2.45, 2.75) is 0 Å². The number of ether oxygens (including phenoxy) is 1. The fourth-order valence-corrected chi connectivity index (χ4v) is 2.74. The molecule has 0 unspecified atom stereocenters. The zero-order chi connectivity index (χ0) is 19.1. The summed E-state index contributed by atoms with van der Waals surface area (Å²) in [4.78, 5) is 12.4. The minimum absolute atomic E-state index is 0.00242. The largest absolute Gasteiger partial charge is 0.457 e. The van der Waals surface area contributed by atoms with Gasteiger partial charge in [-0.1, -0.05) is 42.5 Å². The second kappa shape index (κ2) is 8.84. The molecule has 0 saturated heterocycles. The predicted octanol–water partition coefficient (Wildman–Crippen LogP) is 5.79. The third kappa shape index (κ3) is 5.06. The van der Waals surface area contributed by atoms with Crippen molar-refractivity contribution >= 4 is 33.6 Å². The Kier molecular flexibility index (Phi) is 6.03. The smallest absolute Gasteiger partial charge is 0.266 e. The van der Waals surface area contributed by atoms with E-state index in [1.54, 1.807) is 24.3 Å². The van der Waals surface area contributed by atoms with Crippen LogP contribution in [0.2, 0.25) is 0 Å². The number of nitrogens with zero attached hydrogens (tertiary/aromatic N) is 1. The Hall–Kier alpha value is -3.36. The summed E-state index contributed by atoms with van der Waals surface area (Å²) in [7, 11) is 0. The van der Waals surface area contributed by atoms with Gasteiger partial charge in [0.25, 0.3) is 5.91 Å². The number of benzene rings is 3. The highest BCUT2D eigenvalue weighted by molar-refractivity contribution is 9.10. The molecular weight excluding hydrogens is 404 g/mol. The van der Waals surface area contributed by atoms with E-state index in [2.05, 4.69) is 21.2 Å². The van der Waals surface area contributed by atoms with E-state index in [1.165, 1.54) is 6.08 Å². The first-order chi connectivity index (χ1) is 13.2. The van der Waals surface area contributed by atoms with Crippen molar-refractivity contribution in [1.82, 2.24) is 0 Å². The van der Waals surface area contributed by atoms with Crippen LogP contribution in [0.3, 0.4) is 0 Å². The summed E-state index contributed by atoms with van der Waals surface area (Å²) in [5.74, 6) is 0.864. The molecule has 3 aromatic rings. The lowest BCUT2D eigenvalue weighted by Crippen LogP contribution is -2.13. The SMILES string of the molecule is N#CC(=Cc1cccc(Oc2ccccc2)c1)C(=O)Nc1ccccc1Br. The maximum absolute atomic E-state index is 12.4. The molecule has 0 spiro atoms. The first-order valence-electron chi connectivity index (χ1n) is 8.16.